The number of ether oxygens (including phenoxy) is 1. The normalized spacial score (nSPS) is 23.7. The number of para-hydroxylation sites is 1. The molecular formula is C13H17NO6S. The van der Waals surface area contributed by atoms with Crippen LogP contribution in [0.15, 0.2) is 29.2 Å². The number of piperidine rings is 1. The Labute approximate surface area is 122 Å². The number of aliphatic hydroxyl groups is 1. The average Bonchev–Trinajstić information content (AvgIpc) is 2.46. The molecule has 1 aliphatic heterocycles. The zero-order valence-electron chi connectivity index (χ0n) is 11.5. The van der Waals surface area contributed by atoms with Crippen LogP contribution in [0.3, 0.4) is 0 Å². The maximum Gasteiger partial charge on any atom is 0.309 e. The summed E-state index contributed by atoms with van der Waals surface area (Å²) in [4.78, 5) is 11.0. The third kappa shape index (κ3) is 3.02. The SMILES string of the molecule is COc1ccccc1S(=O)(=O)N1CC[C@H](C(=O)O)[C@H](O)C1. The van der Waals surface area contributed by atoms with E-state index in [1.54, 1.807) is 12.1 Å². The minimum absolute atomic E-state index is 0.00785. The van der Waals surface area contributed by atoms with E-state index in [0.29, 0.717) is 0 Å². The van der Waals surface area contributed by atoms with Gasteiger partial charge in [-0.25, -0.2) is 8.42 Å². The van der Waals surface area contributed by atoms with Gasteiger partial charge in [0.05, 0.1) is 19.1 Å². The molecule has 1 aliphatic rings. The van der Waals surface area contributed by atoms with Crippen molar-refractivity contribution in [3.63, 3.8) is 0 Å². The number of sulfonamides is 1. The lowest BCUT2D eigenvalue weighted by atomic mass is 9.95. The van der Waals surface area contributed by atoms with Crippen molar-refractivity contribution in [3.05, 3.63) is 24.3 Å². The first-order valence-electron chi connectivity index (χ1n) is 6.42. The number of rotatable bonds is 4. The lowest BCUT2D eigenvalue weighted by Gasteiger charge is -2.33. The summed E-state index contributed by atoms with van der Waals surface area (Å²) < 4.78 is 31.3. The zero-order valence-corrected chi connectivity index (χ0v) is 12.3. The van der Waals surface area contributed by atoms with Crippen LogP contribution in [0, 0.1) is 5.92 Å². The molecule has 0 aliphatic carbocycles. The van der Waals surface area contributed by atoms with Crippen LogP contribution in [0.25, 0.3) is 0 Å². The van der Waals surface area contributed by atoms with Gasteiger partial charge >= 0.3 is 5.97 Å². The van der Waals surface area contributed by atoms with E-state index in [9.17, 15) is 18.3 Å². The monoisotopic (exact) mass is 315 g/mol. The Morgan fingerprint density at radius 3 is 2.62 bits per heavy atom. The van der Waals surface area contributed by atoms with E-state index in [-0.39, 0.29) is 30.2 Å². The summed E-state index contributed by atoms with van der Waals surface area (Å²) in [5.74, 6) is -1.83. The molecule has 2 rings (SSSR count). The van der Waals surface area contributed by atoms with E-state index >= 15 is 0 Å². The van der Waals surface area contributed by atoms with Gasteiger partial charge in [0.15, 0.2) is 0 Å². The van der Waals surface area contributed by atoms with Gasteiger partial charge in [0.1, 0.15) is 10.6 Å². The fraction of sp³-hybridized carbons (Fsp3) is 0.462. The molecule has 0 saturated carbocycles. The first-order valence-corrected chi connectivity index (χ1v) is 7.86. The average molecular weight is 315 g/mol. The van der Waals surface area contributed by atoms with Gasteiger partial charge in [0.2, 0.25) is 10.0 Å². The summed E-state index contributed by atoms with van der Waals surface area (Å²) in [5.41, 5.74) is 0. The summed E-state index contributed by atoms with van der Waals surface area (Å²) in [6, 6.07) is 6.19. The molecule has 1 heterocycles. The maximum absolute atomic E-state index is 12.6. The van der Waals surface area contributed by atoms with Crippen LogP contribution >= 0.6 is 0 Å². The van der Waals surface area contributed by atoms with Crippen LogP contribution in [-0.4, -0.2) is 55.2 Å². The fourth-order valence-corrected chi connectivity index (χ4v) is 4.01. The molecule has 1 aromatic carbocycles. The molecule has 2 N–H and O–H groups in total. The third-order valence-corrected chi connectivity index (χ3v) is 5.45. The fourth-order valence-electron chi connectivity index (χ4n) is 2.38. The number of nitrogens with zero attached hydrogens (tertiary/aromatic N) is 1. The molecule has 1 aromatic rings. The van der Waals surface area contributed by atoms with E-state index in [1.165, 1.54) is 19.2 Å². The predicted molar refractivity (Wildman–Crippen MR) is 73.5 cm³/mol. The number of aliphatic carboxylic acids is 1. The lowest BCUT2D eigenvalue weighted by molar-refractivity contribution is -0.147. The second-order valence-corrected chi connectivity index (χ2v) is 6.72. The largest absolute Gasteiger partial charge is 0.495 e. The maximum atomic E-state index is 12.6. The van der Waals surface area contributed by atoms with Gasteiger partial charge in [-0.3, -0.25) is 4.79 Å². The summed E-state index contributed by atoms with van der Waals surface area (Å²) in [5, 5.41) is 18.8. The van der Waals surface area contributed by atoms with Crippen LogP contribution < -0.4 is 4.74 Å². The number of carbonyl (C=O) groups is 1. The van der Waals surface area contributed by atoms with Crippen LogP contribution in [0.5, 0.6) is 5.75 Å². The highest BCUT2D eigenvalue weighted by Crippen LogP contribution is 2.29. The number of hydrogen-bond acceptors (Lipinski definition) is 5. The Balaban J connectivity index is 2.27. The smallest absolute Gasteiger partial charge is 0.309 e. The van der Waals surface area contributed by atoms with Crippen molar-refractivity contribution in [2.45, 2.75) is 17.4 Å². The Bertz CT molecular complexity index is 629. The molecule has 0 spiro atoms. The minimum atomic E-state index is -3.83. The molecule has 0 radical (unpaired) electrons. The van der Waals surface area contributed by atoms with Crippen molar-refractivity contribution in [1.29, 1.82) is 0 Å². The Morgan fingerprint density at radius 1 is 1.38 bits per heavy atom. The summed E-state index contributed by atoms with van der Waals surface area (Å²) in [7, 11) is -2.46. The zero-order chi connectivity index (χ0) is 15.6. The highest BCUT2D eigenvalue weighted by atomic mass is 32.2. The second-order valence-electron chi connectivity index (χ2n) is 4.81. The molecule has 7 nitrogen and oxygen atoms in total. The van der Waals surface area contributed by atoms with E-state index in [1.807, 2.05) is 0 Å². The molecule has 0 unspecified atom stereocenters. The van der Waals surface area contributed by atoms with E-state index < -0.39 is 28.0 Å². The molecule has 0 aromatic heterocycles. The molecule has 0 bridgehead atoms. The van der Waals surface area contributed by atoms with Crippen molar-refractivity contribution in [2.75, 3.05) is 20.2 Å². The van der Waals surface area contributed by atoms with Gasteiger partial charge in [0.25, 0.3) is 0 Å². The van der Waals surface area contributed by atoms with Gasteiger partial charge in [0, 0.05) is 13.1 Å². The Hall–Kier alpha value is -1.64. The predicted octanol–water partition coefficient (Wildman–Crippen LogP) is 0.151. The number of carboxylic acid groups (broad SMARTS) is 1. The minimum Gasteiger partial charge on any atom is -0.495 e. The quantitative estimate of drug-likeness (QED) is 0.820. The number of benzene rings is 1. The first kappa shape index (κ1) is 15.7. The molecule has 8 heteroatoms. The van der Waals surface area contributed by atoms with Crippen molar-refractivity contribution in [1.82, 2.24) is 4.31 Å². The molecule has 21 heavy (non-hydrogen) atoms. The third-order valence-electron chi connectivity index (χ3n) is 3.55. The van der Waals surface area contributed by atoms with Gasteiger partial charge in [-0.15, -0.1) is 0 Å². The van der Waals surface area contributed by atoms with Crippen LogP contribution in [0.4, 0.5) is 0 Å². The molecular weight excluding hydrogens is 298 g/mol. The van der Waals surface area contributed by atoms with Crippen LogP contribution in [0.1, 0.15) is 6.42 Å². The number of aliphatic hydroxyl groups excluding tert-OH is 1. The van der Waals surface area contributed by atoms with Crippen LogP contribution in [-0.2, 0) is 14.8 Å². The summed E-state index contributed by atoms with van der Waals surface area (Å²) >= 11 is 0. The topological polar surface area (TPSA) is 104 Å². The molecule has 1 fully saturated rings. The second kappa shape index (κ2) is 6.00. The van der Waals surface area contributed by atoms with E-state index in [4.69, 9.17) is 9.84 Å². The summed E-state index contributed by atoms with van der Waals surface area (Å²) in [6.07, 6.45) is -1.15. The number of carboxylic acids is 1. The highest BCUT2D eigenvalue weighted by molar-refractivity contribution is 7.89. The van der Waals surface area contributed by atoms with Gasteiger partial charge in [-0.05, 0) is 18.6 Å². The van der Waals surface area contributed by atoms with E-state index in [0.717, 1.165) is 4.31 Å². The highest BCUT2D eigenvalue weighted by Gasteiger charge is 2.38. The van der Waals surface area contributed by atoms with Crippen molar-refractivity contribution < 1.29 is 28.2 Å². The Kier molecular flexibility index (Phi) is 4.50. The standard InChI is InChI=1S/C13H17NO6S/c1-20-11-4-2-3-5-12(11)21(18,19)14-7-6-9(13(16)17)10(15)8-14/h2-5,9-10,15H,6-8H2,1H3,(H,16,17)/t9-,10+/m0/s1. The molecule has 1 saturated heterocycles. The Morgan fingerprint density at radius 2 is 2.05 bits per heavy atom. The lowest BCUT2D eigenvalue weighted by Crippen LogP contribution is -2.48. The van der Waals surface area contributed by atoms with Crippen molar-refractivity contribution in [2.24, 2.45) is 5.92 Å². The van der Waals surface area contributed by atoms with Gasteiger partial charge in [-0.1, -0.05) is 12.1 Å². The van der Waals surface area contributed by atoms with Gasteiger partial charge in [-0.2, -0.15) is 4.31 Å². The van der Waals surface area contributed by atoms with Crippen molar-refractivity contribution in [3.8, 4) is 5.75 Å². The summed E-state index contributed by atoms with van der Waals surface area (Å²) in [6.45, 7) is -0.189. The molecule has 116 valence electrons. The first-order chi connectivity index (χ1) is 9.87. The van der Waals surface area contributed by atoms with E-state index in [2.05, 4.69) is 0 Å². The number of hydrogen-bond donors (Lipinski definition) is 2. The van der Waals surface area contributed by atoms with Crippen LogP contribution in [0.2, 0.25) is 0 Å². The van der Waals surface area contributed by atoms with Gasteiger partial charge < -0.3 is 14.9 Å². The molecule has 2 atom stereocenters. The number of β-amino-alcohol motifs (C(OH)–C–C–N with tert-alkyl or cyclic N) is 1. The van der Waals surface area contributed by atoms with Crippen molar-refractivity contribution >= 4 is 16.0 Å². The molecule has 0 amide bonds. The number of methoxy groups -OCH3 is 1.